The number of methoxy groups -OCH3 is 1. The lowest BCUT2D eigenvalue weighted by atomic mass is 9.94. The van der Waals surface area contributed by atoms with Crippen LogP contribution in [-0.4, -0.2) is 92.4 Å². The average Bonchev–Trinajstić information content (AvgIpc) is 3.86. The fourth-order valence-electron chi connectivity index (χ4n) is 6.79. The quantitative estimate of drug-likeness (QED) is 0.282. The lowest BCUT2D eigenvalue weighted by molar-refractivity contribution is -0.133. The zero-order valence-corrected chi connectivity index (χ0v) is 26.7. The molecular weight excluding hydrogens is 561 g/mol. The van der Waals surface area contributed by atoms with Crippen molar-refractivity contribution in [3.05, 3.63) is 41.7 Å². The number of fused-ring (bicyclic) bond motifs is 1. The highest BCUT2D eigenvalue weighted by atomic mass is 19.1. The lowest BCUT2D eigenvalue weighted by Gasteiger charge is -2.40. The minimum Gasteiger partial charge on any atom is -0.493 e. The molecule has 0 aromatic heterocycles. The molecule has 9 heteroatoms. The van der Waals surface area contributed by atoms with Crippen molar-refractivity contribution in [2.45, 2.75) is 95.8 Å². The first-order valence-corrected chi connectivity index (χ1v) is 16.6. The smallest absolute Gasteiger partial charge is 0.254 e. The molecule has 1 saturated carbocycles. The summed E-state index contributed by atoms with van der Waals surface area (Å²) in [5.74, 6) is 0.891. The molecule has 1 N–H and O–H groups in total. The number of amides is 2. The van der Waals surface area contributed by atoms with Crippen LogP contribution < -0.4 is 10.1 Å². The highest BCUT2D eigenvalue weighted by molar-refractivity contribution is 6.01. The van der Waals surface area contributed by atoms with Gasteiger partial charge >= 0.3 is 0 Å². The van der Waals surface area contributed by atoms with Crippen molar-refractivity contribution in [2.24, 2.45) is 5.92 Å². The zero-order valence-electron chi connectivity index (χ0n) is 26.7. The number of carbonyl (C=O) groups is 2. The van der Waals surface area contributed by atoms with Crippen LogP contribution in [0.1, 0.15) is 82.0 Å². The van der Waals surface area contributed by atoms with Gasteiger partial charge in [-0.15, -0.1) is 0 Å². The van der Waals surface area contributed by atoms with Crippen molar-refractivity contribution >= 4 is 22.6 Å². The fraction of sp³-hybridized carbons (Fsp3) is 0.657. The van der Waals surface area contributed by atoms with E-state index in [4.69, 9.17) is 14.2 Å². The van der Waals surface area contributed by atoms with Crippen LogP contribution in [0, 0.1) is 11.7 Å². The minimum absolute atomic E-state index is 0.00834. The summed E-state index contributed by atoms with van der Waals surface area (Å²) < 4.78 is 30.8. The van der Waals surface area contributed by atoms with Crippen LogP contribution in [0.3, 0.4) is 0 Å². The molecule has 2 aromatic carbocycles. The molecule has 5 rings (SSSR count). The number of benzene rings is 2. The van der Waals surface area contributed by atoms with E-state index in [2.05, 4.69) is 24.1 Å². The molecule has 3 aliphatic rings. The maximum absolute atomic E-state index is 14.1. The zero-order chi connectivity index (χ0) is 31.1. The van der Waals surface area contributed by atoms with Crippen molar-refractivity contribution < 1.29 is 28.2 Å². The van der Waals surface area contributed by atoms with Crippen LogP contribution >= 0.6 is 0 Å². The highest BCUT2D eigenvalue weighted by Gasteiger charge is 2.35. The van der Waals surface area contributed by atoms with Crippen molar-refractivity contribution in [1.29, 1.82) is 0 Å². The molecule has 1 aliphatic carbocycles. The van der Waals surface area contributed by atoms with Crippen molar-refractivity contribution in [1.82, 2.24) is 15.1 Å². The van der Waals surface area contributed by atoms with E-state index in [1.807, 2.05) is 11.0 Å². The average molecular weight is 612 g/mol. The summed E-state index contributed by atoms with van der Waals surface area (Å²) in [5.41, 5.74) is 0.546. The molecule has 2 aromatic rings. The number of nitrogens with one attached hydrogen (secondary N) is 1. The Balaban J connectivity index is 1.20. The second-order valence-electron chi connectivity index (χ2n) is 13.0. The summed E-state index contributed by atoms with van der Waals surface area (Å²) in [6, 6.07) is 9.00. The Kier molecular flexibility index (Phi) is 11.5. The lowest BCUT2D eigenvalue weighted by Crippen LogP contribution is -2.54. The van der Waals surface area contributed by atoms with E-state index in [0.29, 0.717) is 73.2 Å². The van der Waals surface area contributed by atoms with Crippen LogP contribution in [0.4, 0.5) is 4.39 Å². The number of piperidine rings is 1. The standard InChI is InChI=1S/C35H50FN3O5/c1-24(2)39(35(41)27-20-26-5-6-28(36)22-32(26)33(21-27)44-16-4-15-42-3)31-8-7-29(37-23-31)11-14-38(30-9-10-30)34(40)19-25-12-17-43-18-13-25/h5-6,20-22,24-25,29-31,37H,4,7-19,23H2,1-3H3/t29-,31-/m1/s1. The maximum Gasteiger partial charge on any atom is 0.254 e. The third-order valence-electron chi connectivity index (χ3n) is 9.38. The molecule has 242 valence electrons. The molecule has 2 aliphatic heterocycles. The topological polar surface area (TPSA) is 80.3 Å². The second kappa shape index (κ2) is 15.5. The molecule has 2 amide bonds. The van der Waals surface area contributed by atoms with Crippen LogP contribution in [0.2, 0.25) is 0 Å². The van der Waals surface area contributed by atoms with Gasteiger partial charge in [0.15, 0.2) is 0 Å². The van der Waals surface area contributed by atoms with E-state index in [1.54, 1.807) is 19.2 Å². The number of halogens is 1. The summed E-state index contributed by atoms with van der Waals surface area (Å²) in [6.45, 7) is 8.15. The van der Waals surface area contributed by atoms with E-state index in [0.717, 1.165) is 70.1 Å². The van der Waals surface area contributed by atoms with E-state index in [9.17, 15) is 14.0 Å². The normalized spacial score (nSPS) is 21.0. The summed E-state index contributed by atoms with van der Waals surface area (Å²) in [5, 5.41) is 5.14. The Hall–Kier alpha value is -2.75. The fourth-order valence-corrected chi connectivity index (χ4v) is 6.79. The molecule has 44 heavy (non-hydrogen) atoms. The van der Waals surface area contributed by atoms with Gasteiger partial charge in [0.2, 0.25) is 5.91 Å². The Labute approximate surface area is 261 Å². The third kappa shape index (κ3) is 8.49. The van der Waals surface area contributed by atoms with Crippen LogP contribution in [0.5, 0.6) is 5.75 Å². The molecule has 0 spiro atoms. The van der Waals surface area contributed by atoms with E-state index in [1.165, 1.54) is 12.1 Å². The van der Waals surface area contributed by atoms with Crippen molar-refractivity contribution in [2.75, 3.05) is 46.6 Å². The number of rotatable bonds is 14. The predicted molar refractivity (Wildman–Crippen MR) is 170 cm³/mol. The monoisotopic (exact) mass is 611 g/mol. The first-order valence-electron chi connectivity index (χ1n) is 16.6. The second-order valence-corrected chi connectivity index (χ2v) is 13.0. The van der Waals surface area contributed by atoms with Gasteiger partial charge < -0.3 is 29.3 Å². The number of nitrogens with zero attached hydrogens (tertiary/aromatic N) is 2. The molecule has 0 unspecified atom stereocenters. The van der Waals surface area contributed by atoms with Gasteiger partial charge in [0, 0.05) is 88.0 Å². The summed E-state index contributed by atoms with van der Waals surface area (Å²) in [4.78, 5) is 31.4. The SMILES string of the molecule is COCCCOc1cc(C(=O)N(C(C)C)[C@@H]2CC[C@H](CCN(C(=O)CC3CCOCC3)C3CC3)NC2)cc2ccc(F)cc12. The van der Waals surface area contributed by atoms with Gasteiger partial charge in [0.1, 0.15) is 11.6 Å². The van der Waals surface area contributed by atoms with Gasteiger partial charge in [-0.25, -0.2) is 4.39 Å². The molecule has 2 heterocycles. The van der Waals surface area contributed by atoms with Gasteiger partial charge in [0.05, 0.1) is 6.61 Å². The summed E-state index contributed by atoms with van der Waals surface area (Å²) in [7, 11) is 1.64. The Morgan fingerprint density at radius 1 is 1.02 bits per heavy atom. The van der Waals surface area contributed by atoms with Crippen LogP contribution in [-0.2, 0) is 14.3 Å². The maximum atomic E-state index is 14.1. The number of carbonyl (C=O) groups excluding carboxylic acids is 2. The highest BCUT2D eigenvalue weighted by Crippen LogP contribution is 2.32. The molecule has 0 bridgehead atoms. The van der Waals surface area contributed by atoms with E-state index >= 15 is 0 Å². The van der Waals surface area contributed by atoms with Crippen molar-refractivity contribution in [3.8, 4) is 5.75 Å². The Morgan fingerprint density at radius 3 is 2.48 bits per heavy atom. The molecule has 3 fully saturated rings. The third-order valence-corrected chi connectivity index (χ3v) is 9.38. The minimum atomic E-state index is -0.339. The largest absolute Gasteiger partial charge is 0.493 e. The van der Waals surface area contributed by atoms with Gasteiger partial charge in [-0.2, -0.15) is 0 Å². The molecule has 2 atom stereocenters. The first-order chi connectivity index (χ1) is 21.3. The Morgan fingerprint density at radius 2 is 1.80 bits per heavy atom. The number of hydrogen-bond donors (Lipinski definition) is 1. The molecule has 0 radical (unpaired) electrons. The van der Waals surface area contributed by atoms with E-state index < -0.39 is 0 Å². The van der Waals surface area contributed by atoms with E-state index in [-0.39, 0.29) is 23.8 Å². The molecule has 2 saturated heterocycles. The molecule has 8 nitrogen and oxygen atoms in total. The first kappa shape index (κ1) is 32.6. The Bertz CT molecular complexity index is 1250. The van der Waals surface area contributed by atoms with Crippen LogP contribution in [0.25, 0.3) is 10.8 Å². The van der Waals surface area contributed by atoms with Gasteiger partial charge in [-0.1, -0.05) is 6.07 Å². The van der Waals surface area contributed by atoms with Gasteiger partial charge in [0.25, 0.3) is 5.91 Å². The van der Waals surface area contributed by atoms with Gasteiger partial charge in [-0.05, 0) is 94.4 Å². The summed E-state index contributed by atoms with van der Waals surface area (Å²) >= 11 is 0. The van der Waals surface area contributed by atoms with Crippen LogP contribution in [0.15, 0.2) is 30.3 Å². The number of ether oxygens (including phenoxy) is 3. The van der Waals surface area contributed by atoms with Crippen molar-refractivity contribution in [3.63, 3.8) is 0 Å². The molecular formula is C35H50FN3O5. The number of hydrogen-bond acceptors (Lipinski definition) is 6. The van der Waals surface area contributed by atoms with Gasteiger partial charge in [-0.3, -0.25) is 9.59 Å². The summed E-state index contributed by atoms with van der Waals surface area (Å²) in [6.07, 6.45) is 8.35. The predicted octanol–water partition coefficient (Wildman–Crippen LogP) is 5.56.